The molecular formula is C25H35ClO5. The normalized spacial score (nSPS) is 28.1. The molecule has 2 saturated carbocycles. The molecule has 0 aliphatic heterocycles. The fourth-order valence-corrected chi connectivity index (χ4v) is 5.50. The van der Waals surface area contributed by atoms with Crippen LogP contribution in [0.15, 0.2) is 36.4 Å². The summed E-state index contributed by atoms with van der Waals surface area (Å²) < 4.78 is 9.76. The molecule has 1 unspecified atom stereocenters. The highest BCUT2D eigenvalue weighted by atomic mass is 35.5. The van der Waals surface area contributed by atoms with Crippen LogP contribution in [0.4, 0.5) is 0 Å². The first-order chi connectivity index (χ1) is 15.0. The molecule has 0 radical (unpaired) electrons. The SMILES string of the molecule is COC(=O)COC/C=C\C[C@@H]1[C@@H](c2ccc(C(O)C3CCCCC3)cc2)[C@H](O)C[C@H]1Cl. The maximum atomic E-state index is 11.1. The third-order valence-electron chi connectivity index (χ3n) is 6.80. The summed E-state index contributed by atoms with van der Waals surface area (Å²) >= 11 is 6.58. The van der Waals surface area contributed by atoms with Crippen LogP contribution in [0.5, 0.6) is 0 Å². The molecule has 5 atom stereocenters. The summed E-state index contributed by atoms with van der Waals surface area (Å²) in [6, 6.07) is 8.10. The van der Waals surface area contributed by atoms with Gasteiger partial charge in [0.15, 0.2) is 0 Å². The molecule has 6 heteroatoms. The van der Waals surface area contributed by atoms with Crippen LogP contribution in [0.2, 0.25) is 0 Å². The van der Waals surface area contributed by atoms with Gasteiger partial charge in [-0.05, 0) is 48.6 Å². The quantitative estimate of drug-likeness (QED) is 0.250. The fraction of sp³-hybridized carbons (Fsp3) is 0.640. The lowest BCUT2D eigenvalue weighted by Gasteiger charge is -2.27. The van der Waals surface area contributed by atoms with E-state index in [9.17, 15) is 15.0 Å². The maximum Gasteiger partial charge on any atom is 0.331 e. The zero-order valence-electron chi connectivity index (χ0n) is 18.3. The smallest absolute Gasteiger partial charge is 0.331 e. The van der Waals surface area contributed by atoms with Crippen LogP contribution in [0, 0.1) is 11.8 Å². The van der Waals surface area contributed by atoms with E-state index in [1.807, 2.05) is 36.4 Å². The van der Waals surface area contributed by atoms with Crippen LogP contribution >= 0.6 is 11.6 Å². The maximum absolute atomic E-state index is 11.1. The average Bonchev–Trinajstić information content (AvgIpc) is 3.08. The van der Waals surface area contributed by atoms with Gasteiger partial charge in [0.2, 0.25) is 0 Å². The molecule has 1 aromatic carbocycles. The zero-order valence-corrected chi connectivity index (χ0v) is 19.0. The molecule has 0 spiro atoms. The summed E-state index contributed by atoms with van der Waals surface area (Å²) in [4.78, 5) is 11.1. The molecule has 5 nitrogen and oxygen atoms in total. The van der Waals surface area contributed by atoms with Crippen LogP contribution in [-0.2, 0) is 14.3 Å². The van der Waals surface area contributed by atoms with Crippen LogP contribution < -0.4 is 0 Å². The Labute approximate surface area is 190 Å². The number of hydrogen-bond donors (Lipinski definition) is 2. The highest BCUT2D eigenvalue weighted by Crippen LogP contribution is 2.45. The molecule has 3 rings (SSSR count). The Balaban J connectivity index is 1.59. The molecule has 2 aliphatic carbocycles. The van der Waals surface area contributed by atoms with E-state index in [0.717, 1.165) is 30.4 Å². The summed E-state index contributed by atoms with van der Waals surface area (Å²) in [6.45, 7) is 0.262. The zero-order chi connectivity index (χ0) is 22.2. The third-order valence-corrected chi connectivity index (χ3v) is 7.30. The predicted octanol–water partition coefficient (Wildman–Crippen LogP) is 4.51. The number of allylic oxidation sites excluding steroid dienone is 1. The van der Waals surface area contributed by atoms with Gasteiger partial charge < -0.3 is 19.7 Å². The van der Waals surface area contributed by atoms with Gasteiger partial charge in [0.1, 0.15) is 6.61 Å². The Hall–Kier alpha value is -1.40. The monoisotopic (exact) mass is 450 g/mol. The molecule has 1 aromatic rings. The molecule has 2 N–H and O–H groups in total. The van der Waals surface area contributed by atoms with Gasteiger partial charge in [0, 0.05) is 11.3 Å². The van der Waals surface area contributed by atoms with Crippen LogP contribution in [0.25, 0.3) is 0 Å². The Bertz CT molecular complexity index is 713. The lowest BCUT2D eigenvalue weighted by atomic mass is 9.81. The lowest BCUT2D eigenvalue weighted by Crippen LogP contribution is -2.19. The van der Waals surface area contributed by atoms with E-state index in [2.05, 4.69) is 4.74 Å². The molecule has 31 heavy (non-hydrogen) atoms. The number of methoxy groups -OCH3 is 1. The molecular weight excluding hydrogens is 416 g/mol. The summed E-state index contributed by atoms with van der Waals surface area (Å²) in [6.07, 6.45) is 10.1. The van der Waals surface area contributed by atoms with Gasteiger partial charge in [-0.3, -0.25) is 0 Å². The van der Waals surface area contributed by atoms with E-state index in [1.54, 1.807) is 0 Å². The standard InChI is InChI=1S/C25H35ClO5/c1-30-23(28)16-31-14-6-5-9-20-21(26)15-22(27)24(20)17-10-12-19(13-11-17)25(29)18-7-3-2-4-8-18/h5-6,10-13,18,20-22,24-25,27,29H,2-4,7-9,14-16H2,1H3/b6-5-/t20-,21+,22+,24+,25?/m0/s1. The molecule has 0 bridgehead atoms. The minimum absolute atomic E-state index is 0.0380. The number of aliphatic hydroxyl groups is 2. The van der Waals surface area contributed by atoms with Gasteiger partial charge in [0.05, 0.1) is 25.9 Å². The highest BCUT2D eigenvalue weighted by molar-refractivity contribution is 6.21. The molecule has 0 aromatic heterocycles. The first-order valence-corrected chi connectivity index (χ1v) is 11.8. The highest BCUT2D eigenvalue weighted by Gasteiger charge is 2.41. The largest absolute Gasteiger partial charge is 0.467 e. The van der Waals surface area contributed by atoms with Crippen molar-refractivity contribution in [1.82, 2.24) is 0 Å². The summed E-state index contributed by atoms with van der Waals surface area (Å²) in [5, 5.41) is 21.3. The second-order valence-corrected chi connectivity index (χ2v) is 9.38. The van der Waals surface area contributed by atoms with Gasteiger partial charge in [-0.1, -0.05) is 55.7 Å². The molecule has 2 fully saturated rings. The molecule has 0 heterocycles. The lowest BCUT2D eigenvalue weighted by molar-refractivity contribution is -0.145. The van der Waals surface area contributed by atoms with Gasteiger partial charge in [-0.25, -0.2) is 4.79 Å². The van der Waals surface area contributed by atoms with E-state index in [4.69, 9.17) is 16.3 Å². The minimum Gasteiger partial charge on any atom is -0.467 e. The van der Waals surface area contributed by atoms with Crippen molar-refractivity contribution in [1.29, 1.82) is 0 Å². The van der Waals surface area contributed by atoms with Crippen molar-refractivity contribution in [2.24, 2.45) is 11.8 Å². The number of aliphatic hydroxyl groups excluding tert-OH is 2. The Morgan fingerprint density at radius 1 is 1.19 bits per heavy atom. The van der Waals surface area contributed by atoms with E-state index < -0.39 is 18.2 Å². The summed E-state index contributed by atoms with van der Waals surface area (Å²) in [7, 11) is 1.33. The van der Waals surface area contributed by atoms with Crippen molar-refractivity contribution in [2.45, 2.75) is 68.4 Å². The van der Waals surface area contributed by atoms with Crippen molar-refractivity contribution in [3.8, 4) is 0 Å². The van der Waals surface area contributed by atoms with Crippen molar-refractivity contribution in [3.05, 3.63) is 47.5 Å². The molecule has 2 aliphatic rings. The van der Waals surface area contributed by atoms with Crippen LogP contribution in [0.3, 0.4) is 0 Å². The minimum atomic E-state index is -0.481. The van der Waals surface area contributed by atoms with E-state index in [0.29, 0.717) is 18.9 Å². The number of benzene rings is 1. The number of carbonyl (C=O) groups excluding carboxylic acids is 1. The fourth-order valence-electron chi connectivity index (χ4n) is 5.05. The Kier molecular flexibility index (Phi) is 9.39. The van der Waals surface area contributed by atoms with E-state index >= 15 is 0 Å². The van der Waals surface area contributed by atoms with Gasteiger partial charge in [0.25, 0.3) is 0 Å². The number of ether oxygens (including phenoxy) is 2. The summed E-state index contributed by atoms with van der Waals surface area (Å²) in [5.74, 6) is 0.0279. The number of alkyl halides is 1. The van der Waals surface area contributed by atoms with Gasteiger partial charge >= 0.3 is 5.97 Å². The van der Waals surface area contributed by atoms with Crippen molar-refractivity contribution in [2.75, 3.05) is 20.3 Å². The molecule has 0 amide bonds. The van der Waals surface area contributed by atoms with Gasteiger partial charge in [-0.2, -0.15) is 0 Å². The Morgan fingerprint density at radius 2 is 1.90 bits per heavy atom. The number of hydrogen-bond acceptors (Lipinski definition) is 5. The van der Waals surface area contributed by atoms with Crippen LogP contribution in [-0.4, -0.2) is 48.0 Å². The second-order valence-electron chi connectivity index (χ2n) is 8.82. The summed E-state index contributed by atoms with van der Waals surface area (Å²) in [5.41, 5.74) is 2.03. The second kappa shape index (κ2) is 12.0. The molecule has 172 valence electrons. The van der Waals surface area contributed by atoms with E-state index in [-0.39, 0.29) is 23.8 Å². The Morgan fingerprint density at radius 3 is 2.58 bits per heavy atom. The van der Waals surface area contributed by atoms with Crippen molar-refractivity contribution >= 4 is 17.6 Å². The van der Waals surface area contributed by atoms with Crippen molar-refractivity contribution < 1.29 is 24.5 Å². The number of carbonyl (C=O) groups is 1. The number of esters is 1. The predicted molar refractivity (Wildman–Crippen MR) is 121 cm³/mol. The van der Waals surface area contributed by atoms with Crippen LogP contribution in [0.1, 0.15) is 68.1 Å². The number of rotatable bonds is 9. The first kappa shape index (κ1) is 24.2. The van der Waals surface area contributed by atoms with Crippen molar-refractivity contribution in [3.63, 3.8) is 0 Å². The average molecular weight is 451 g/mol. The number of halogens is 1. The topological polar surface area (TPSA) is 76.0 Å². The van der Waals surface area contributed by atoms with E-state index in [1.165, 1.54) is 26.4 Å². The third kappa shape index (κ3) is 6.55. The first-order valence-electron chi connectivity index (χ1n) is 11.4. The van der Waals surface area contributed by atoms with Gasteiger partial charge in [-0.15, -0.1) is 11.6 Å². The molecule has 0 saturated heterocycles.